The van der Waals surface area contributed by atoms with E-state index in [0.717, 1.165) is 5.56 Å². The van der Waals surface area contributed by atoms with Crippen LogP contribution in [0.25, 0.3) is 0 Å². The van der Waals surface area contributed by atoms with E-state index in [4.69, 9.17) is 5.26 Å². The number of hydrazone groups is 1. The molecule has 120 valence electrons. The average molecular weight is 339 g/mol. The molecule has 0 spiro atoms. The Morgan fingerprint density at radius 1 is 1.21 bits per heavy atom. The summed E-state index contributed by atoms with van der Waals surface area (Å²) in [4.78, 5) is 4.08. The topological polar surface area (TPSA) is 98.8 Å². The van der Waals surface area contributed by atoms with Crippen LogP contribution in [0.2, 0.25) is 0 Å². The summed E-state index contributed by atoms with van der Waals surface area (Å²) in [5.41, 5.74) is 1.30. The highest BCUT2D eigenvalue weighted by Crippen LogP contribution is 2.27. The Labute approximate surface area is 139 Å². The van der Waals surface area contributed by atoms with Gasteiger partial charge in [0.25, 0.3) is 10.0 Å². The molecule has 0 radical (unpaired) electrons. The van der Waals surface area contributed by atoms with E-state index in [9.17, 15) is 8.42 Å². The van der Waals surface area contributed by atoms with Gasteiger partial charge in [0.1, 0.15) is 4.90 Å². The molecule has 7 nitrogen and oxygen atoms in total. The molecule has 0 aliphatic carbocycles. The van der Waals surface area contributed by atoms with Crippen LogP contribution in [0.3, 0.4) is 0 Å². The molecule has 2 heterocycles. The van der Waals surface area contributed by atoms with E-state index < -0.39 is 10.0 Å². The van der Waals surface area contributed by atoms with Crippen molar-refractivity contribution in [2.24, 2.45) is 9.50 Å². The van der Waals surface area contributed by atoms with Gasteiger partial charge >= 0.3 is 0 Å². The van der Waals surface area contributed by atoms with Crippen molar-refractivity contribution in [1.82, 2.24) is 9.99 Å². The molecule has 0 amide bonds. The smallest absolute Gasteiger partial charge is 0.265 e. The Bertz CT molecular complexity index is 946. The van der Waals surface area contributed by atoms with E-state index in [0.29, 0.717) is 5.56 Å². The summed E-state index contributed by atoms with van der Waals surface area (Å²) in [5, 5.41) is 14.6. The van der Waals surface area contributed by atoms with Crippen LogP contribution in [0.5, 0.6) is 0 Å². The fraction of sp³-hybridized carbons (Fsp3) is 0.125. The largest absolute Gasteiger partial charge is 0.285 e. The van der Waals surface area contributed by atoms with Gasteiger partial charge in [-0.2, -0.15) is 18.8 Å². The maximum absolute atomic E-state index is 12.2. The predicted molar refractivity (Wildman–Crippen MR) is 88.9 cm³/mol. The van der Waals surface area contributed by atoms with Crippen molar-refractivity contribution in [1.29, 1.82) is 5.26 Å². The van der Waals surface area contributed by atoms with Crippen molar-refractivity contribution < 1.29 is 8.42 Å². The molecular weight excluding hydrogens is 326 g/mol. The van der Waals surface area contributed by atoms with Gasteiger partial charge in [-0.25, -0.2) is 5.01 Å². The first-order chi connectivity index (χ1) is 11.6. The zero-order valence-electron chi connectivity index (χ0n) is 12.6. The van der Waals surface area contributed by atoms with Crippen molar-refractivity contribution in [3.8, 4) is 6.07 Å². The van der Waals surface area contributed by atoms with Crippen LogP contribution in [-0.2, 0) is 10.0 Å². The van der Waals surface area contributed by atoms with Crippen LogP contribution in [0.15, 0.2) is 63.2 Å². The lowest BCUT2D eigenvalue weighted by Crippen LogP contribution is -2.27. The lowest BCUT2D eigenvalue weighted by atomic mass is 10.2. The molecule has 0 atom stereocenters. The Kier molecular flexibility index (Phi) is 4.35. The van der Waals surface area contributed by atoms with Crippen LogP contribution >= 0.6 is 0 Å². The number of sulfonamides is 1. The molecule has 24 heavy (non-hydrogen) atoms. The van der Waals surface area contributed by atoms with Crippen molar-refractivity contribution in [3.63, 3.8) is 0 Å². The van der Waals surface area contributed by atoms with E-state index in [2.05, 4.69) is 14.5 Å². The highest BCUT2D eigenvalue weighted by atomic mass is 32.2. The lowest BCUT2D eigenvalue weighted by molar-refractivity contribution is 0.459. The zero-order valence-corrected chi connectivity index (χ0v) is 13.4. The molecule has 2 aromatic rings. The number of pyridine rings is 1. The number of aromatic nitrogens is 1. The van der Waals surface area contributed by atoms with Gasteiger partial charge in [0.05, 0.1) is 25.2 Å². The molecule has 1 aromatic heterocycles. The summed E-state index contributed by atoms with van der Waals surface area (Å²) in [6.45, 7) is 0.237. The minimum absolute atomic E-state index is 0.154. The highest BCUT2D eigenvalue weighted by Gasteiger charge is 2.31. The third-order valence-corrected chi connectivity index (χ3v) is 4.67. The summed E-state index contributed by atoms with van der Waals surface area (Å²) in [5.74, 6) is 0.228. The number of nitriles is 1. The Morgan fingerprint density at radius 2 is 1.96 bits per heavy atom. The molecule has 0 bridgehead atoms. The second kappa shape index (κ2) is 6.60. The van der Waals surface area contributed by atoms with E-state index in [-0.39, 0.29) is 23.7 Å². The molecule has 1 aromatic carbocycles. The van der Waals surface area contributed by atoms with Crippen molar-refractivity contribution >= 4 is 22.1 Å². The first-order valence-corrected chi connectivity index (χ1v) is 8.59. The number of amidine groups is 1. The lowest BCUT2D eigenvalue weighted by Gasteiger charge is -2.17. The highest BCUT2D eigenvalue weighted by molar-refractivity contribution is 7.90. The van der Waals surface area contributed by atoms with Gasteiger partial charge in [0.15, 0.2) is 5.84 Å². The summed E-state index contributed by atoms with van der Waals surface area (Å²) in [7, 11) is -3.73. The standard InChI is InChI=1S/C16H13N5O2S/c17-8-3-11-21(19-12-13-6-9-18-10-7-13)16-14-4-1-2-5-15(14)24(22,23)20-16/h1-2,4-7,9-10,12H,3,11H2/b19-12+. The van der Waals surface area contributed by atoms with Crippen LogP contribution in [0.1, 0.15) is 17.5 Å². The van der Waals surface area contributed by atoms with E-state index in [1.54, 1.807) is 48.9 Å². The third-order valence-electron chi connectivity index (χ3n) is 3.34. The van der Waals surface area contributed by atoms with E-state index in [1.165, 1.54) is 11.1 Å². The monoisotopic (exact) mass is 339 g/mol. The minimum Gasteiger partial charge on any atom is -0.265 e. The van der Waals surface area contributed by atoms with Crippen molar-refractivity contribution in [2.45, 2.75) is 11.3 Å². The molecular formula is C16H13N5O2S. The predicted octanol–water partition coefficient (Wildman–Crippen LogP) is 1.78. The summed E-state index contributed by atoms with van der Waals surface area (Å²) in [6, 6.07) is 12.2. The van der Waals surface area contributed by atoms with Gasteiger partial charge in [-0.15, -0.1) is 4.40 Å². The van der Waals surface area contributed by atoms with Crippen LogP contribution in [0.4, 0.5) is 0 Å². The molecule has 0 saturated heterocycles. The Hall–Kier alpha value is -3.05. The Morgan fingerprint density at radius 3 is 2.71 bits per heavy atom. The second-order valence-corrected chi connectivity index (χ2v) is 6.52. The van der Waals surface area contributed by atoms with Gasteiger partial charge in [-0.05, 0) is 29.8 Å². The summed E-state index contributed by atoms with van der Waals surface area (Å²) >= 11 is 0. The molecule has 0 N–H and O–H groups in total. The molecule has 0 saturated carbocycles. The van der Waals surface area contributed by atoms with Crippen molar-refractivity contribution in [3.05, 3.63) is 59.9 Å². The maximum Gasteiger partial charge on any atom is 0.285 e. The van der Waals surface area contributed by atoms with E-state index >= 15 is 0 Å². The average Bonchev–Trinajstić information content (AvgIpc) is 2.88. The first kappa shape index (κ1) is 15.8. The second-order valence-electron chi connectivity index (χ2n) is 4.94. The van der Waals surface area contributed by atoms with Gasteiger partial charge in [0.2, 0.25) is 0 Å². The number of fused-ring (bicyclic) bond motifs is 1. The minimum atomic E-state index is -3.73. The van der Waals surface area contributed by atoms with Crippen LogP contribution in [0, 0.1) is 11.3 Å². The Balaban J connectivity index is 1.98. The van der Waals surface area contributed by atoms with Gasteiger partial charge in [-0.1, -0.05) is 12.1 Å². The fourth-order valence-electron chi connectivity index (χ4n) is 2.23. The summed E-state index contributed by atoms with van der Waals surface area (Å²) < 4.78 is 28.2. The quantitative estimate of drug-likeness (QED) is 0.624. The van der Waals surface area contributed by atoms with Gasteiger partial charge < -0.3 is 0 Å². The molecule has 8 heteroatoms. The molecule has 1 aliphatic heterocycles. The normalized spacial score (nSPS) is 14.9. The summed E-state index contributed by atoms with van der Waals surface area (Å²) in [6.07, 6.45) is 5.03. The van der Waals surface area contributed by atoms with E-state index in [1.807, 2.05) is 6.07 Å². The molecule has 3 rings (SSSR count). The van der Waals surface area contributed by atoms with Gasteiger partial charge in [0, 0.05) is 18.0 Å². The SMILES string of the molecule is N#CCCN(/N=C/c1ccncc1)C1=NS(=O)(=O)c2ccccc21. The number of nitrogens with zero attached hydrogens (tertiary/aromatic N) is 5. The number of rotatable bonds is 4. The number of benzene rings is 1. The van der Waals surface area contributed by atoms with Gasteiger partial charge in [-0.3, -0.25) is 4.98 Å². The van der Waals surface area contributed by atoms with Crippen LogP contribution in [-0.4, -0.2) is 37.0 Å². The number of hydrogen-bond donors (Lipinski definition) is 0. The van der Waals surface area contributed by atoms with Crippen molar-refractivity contribution in [2.75, 3.05) is 6.54 Å². The fourth-order valence-corrected chi connectivity index (χ4v) is 3.44. The zero-order chi connectivity index (χ0) is 17.0. The molecule has 0 fully saturated rings. The first-order valence-electron chi connectivity index (χ1n) is 7.15. The van der Waals surface area contributed by atoms with Crippen LogP contribution < -0.4 is 0 Å². The number of hydrogen-bond acceptors (Lipinski definition) is 6. The third kappa shape index (κ3) is 3.16. The molecule has 1 aliphatic rings. The maximum atomic E-state index is 12.2. The molecule has 0 unspecified atom stereocenters.